The third-order valence-corrected chi connectivity index (χ3v) is 4.84. The van der Waals surface area contributed by atoms with Crippen LogP contribution >= 0.6 is 0 Å². The van der Waals surface area contributed by atoms with Gasteiger partial charge in [-0.25, -0.2) is 0 Å². The average Bonchev–Trinajstić information content (AvgIpc) is 3.00. The lowest BCUT2D eigenvalue weighted by atomic mass is 9.96. The fourth-order valence-corrected chi connectivity index (χ4v) is 3.45. The van der Waals surface area contributed by atoms with E-state index in [1.807, 2.05) is 17.0 Å². The van der Waals surface area contributed by atoms with Crippen LogP contribution in [-0.4, -0.2) is 39.0 Å². The first kappa shape index (κ1) is 17.6. The molecule has 2 aromatic rings. The van der Waals surface area contributed by atoms with Crippen LogP contribution < -0.4 is 0 Å². The molecule has 3 rings (SSSR count). The van der Waals surface area contributed by atoms with Crippen molar-refractivity contribution in [2.45, 2.75) is 51.9 Å². The number of hydrogen-bond donors (Lipinski definition) is 0. The molecule has 6 nitrogen and oxygen atoms in total. The molecule has 25 heavy (non-hydrogen) atoms. The minimum Gasteiger partial charge on any atom is -0.343 e. The molecule has 0 N–H and O–H groups in total. The standard InChI is InChI=1S/C19H26N4O2/c1-2-5-15-6-4-12-23(13-10-15)18(24)9-8-17-21-19(22-25-17)16-7-3-11-20-14-16/h3,7,11,14-15H,2,4-6,8-10,12-13H2,1H3/t15-/m1/s1. The van der Waals surface area contributed by atoms with Crippen LogP contribution in [0.3, 0.4) is 0 Å². The highest BCUT2D eigenvalue weighted by Gasteiger charge is 2.20. The highest BCUT2D eigenvalue weighted by Crippen LogP contribution is 2.22. The molecule has 0 radical (unpaired) electrons. The SMILES string of the molecule is CCC[C@@H]1CCCN(C(=O)CCc2nc(-c3cccnc3)no2)CC1. The number of hydrogen-bond acceptors (Lipinski definition) is 5. The first-order chi connectivity index (χ1) is 12.3. The highest BCUT2D eigenvalue weighted by atomic mass is 16.5. The van der Waals surface area contributed by atoms with E-state index in [4.69, 9.17) is 4.52 Å². The largest absolute Gasteiger partial charge is 0.343 e. The normalized spacial score (nSPS) is 18.1. The Kier molecular flexibility index (Phi) is 6.14. The quantitative estimate of drug-likeness (QED) is 0.803. The van der Waals surface area contributed by atoms with E-state index >= 15 is 0 Å². The van der Waals surface area contributed by atoms with Crippen LogP contribution in [0.15, 0.2) is 29.0 Å². The predicted molar refractivity (Wildman–Crippen MR) is 94.7 cm³/mol. The van der Waals surface area contributed by atoms with Gasteiger partial charge in [0.1, 0.15) is 0 Å². The zero-order valence-corrected chi connectivity index (χ0v) is 14.9. The molecule has 0 saturated carbocycles. The van der Waals surface area contributed by atoms with Crippen molar-refractivity contribution in [1.29, 1.82) is 0 Å². The van der Waals surface area contributed by atoms with Crippen LogP contribution in [0.2, 0.25) is 0 Å². The molecule has 1 aliphatic heterocycles. The molecule has 1 atom stereocenters. The summed E-state index contributed by atoms with van der Waals surface area (Å²) >= 11 is 0. The Labute approximate surface area is 148 Å². The number of aryl methyl sites for hydroxylation is 1. The topological polar surface area (TPSA) is 72.1 Å². The maximum Gasteiger partial charge on any atom is 0.227 e. The summed E-state index contributed by atoms with van der Waals surface area (Å²) in [5.41, 5.74) is 0.818. The molecule has 1 aliphatic rings. The summed E-state index contributed by atoms with van der Waals surface area (Å²) in [5, 5.41) is 3.97. The molecule has 0 aromatic carbocycles. The van der Waals surface area contributed by atoms with Crippen molar-refractivity contribution in [3.63, 3.8) is 0 Å². The van der Waals surface area contributed by atoms with Crippen molar-refractivity contribution < 1.29 is 9.32 Å². The van der Waals surface area contributed by atoms with Gasteiger partial charge in [-0.1, -0.05) is 24.9 Å². The van der Waals surface area contributed by atoms with Crippen molar-refractivity contribution >= 4 is 5.91 Å². The van der Waals surface area contributed by atoms with E-state index in [0.717, 1.165) is 37.4 Å². The van der Waals surface area contributed by atoms with E-state index in [9.17, 15) is 4.79 Å². The average molecular weight is 342 g/mol. The lowest BCUT2D eigenvalue weighted by Gasteiger charge is -2.20. The Balaban J connectivity index is 1.50. The smallest absolute Gasteiger partial charge is 0.227 e. The van der Waals surface area contributed by atoms with Gasteiger partial charge in [0.05, 0.1) is 0 Å². The van der Waals surface area contributed by atoms with Crippen LogP contribution in [0.4, 0.5) is 0 Å². The second-order valence-corrected chi connectivity index (χ2v) is 6.72. The summed E-state index contributed by atoms with van der Waals surface area (Å²) in [6.07, 6.45) is 10.3. The van der Waals surface area contributed by atoms with Crippen molar-refractivity contribution in [3.8, 4) is 11.4 Å². The minimum atomic E-state index is 0.193. The summed E-state index contributed by atoms with van der Waals surface area (Å²) < 4.78 is 5.27. The molecule has 3 heterocycles. The Morgan fingerprint density at radius 2 is 2.28 bits per heavy atom. The molecule has 0 spiro atoms. The van der Waals surface area contributed by atoms with Gasteiger partial charge in [-0.2, -0.15) is 4.98 Å². The summed E-state index contributed by atoms with van der Waals surface area (Å²) in [6, 6.07) is 3.72. The van der Waals surface area contributed by atoms with Gasteiger partial charge in [-0.15, -0.1) is 0 Å². The van der Waals surface area contributed by atoms with Crippen molar-refractivity contribution in [3.05, 3.63) is 30.4 Å². The van der Waals surface area contributed by atoms with Gasteiger partial charge in [0.2, 0.25) is 17.6 Å². The number of rotatable bonds is 6. The Morgan fingerprint density at radius 3 is 3.08 bits per heavy atom. The van der Waals surface area contributed by atoms with Crippen molar-refractivity contribution in [2.75, 3.05) is 13.1 Å². The minimum absolute atomic E-state index is 0.193. The number of aromatic nitrogens is 3. The van der Waals surface area contributed by atoms with E-state index in [2.05, 4.69) is 22.0 Å². The molecule has 6 heteroatoms. The van der Waals surface area contributed by atoms with Crippen molar-refractivity contribution in [1.82, 2.24) is 20.0 Å². The number of carbonyl (C=O) groups is 1. The highest BCUT2D eigenvalue weighted by molar-refractivity contribution is 5.76. The molecule has 2 aromatic heterocycles. The predicted octanol–water partition coefficient (Wildman–Crippen LogP) is 3.49. The molecular weight excluding hydrogens is 316 g/mol. The maximum absolute atomic E-state index is 12.5. The van der Waals surface area contributed by atoms with Gasteiger partial charge >= 0.3 is 0 Å². The van der Waals surface area contributed by atoms with E-state index in [1.165, 1.54) is 19.3 Å². The summed E-state index contributed by atoms with van der Waals surface area (Å²) in [7, 11) is 0. The fraction of sp³-hybridized carbons (Fsp3) is 0.579. The van der Waals surface area contributed by atoms with Crippen LogP contribution in [-0.2, 0) is 11.2 Å². The lowest BCUT2D eigenvalue weighted by molar-refractivity contribution is -0.131. The summed E-state index contributed by atoms with van der Waals surface area (Å²) in [6.45, 7) is 4.00. The summed E-state index contributed by atoms with van der Waals surface area (Å²) in [5.74, 6) is 2.00. The molecule has 0 aliphatic carbocycles. The van der Waals surface area contributed by atoms with Gasteiger partial charge < -0.3 is 9.42 Å². The number of pyridine rings is 1. The first-order valence-electron chi connectivity index (χ1n) is 9.27. The molecule has 134 valence electrons. The third-order valence-electron chi connectivity index (χ3n) is 4.84. The number of likely N-dealkylation sites (tertiary alicyclic amines) is 1. The van der Waals surface area contributed by atoms with Crippen LogP contribution in [0.1, 0.15) is 51.3 Å². The number of nitrogens with zero attached hydrogens (tertiary/aromatic N) is 4. The molecule has 1 amide bonds. The van der Waals surface area contributed by atoms with E-state index < -0.39 is 0 Å². The molecule has 0 bridgehead atoms. The zero-order valence-electron chi connectivity index (χ0n) is 14.9. The first-order valence-corrected chi connectivity index (χ1v) is 9.27. The van der Waals surface area contributed by atoms with Gasteiger partial charge in [-0.05, 0) is 37.3 Å². The monoisotopic (exact) mass is 342 g/mol. The number of amides is 1. The zero-order chi connectivity index (χ0) is 17.5. The van der Waals surface area contributed by atoms with Gasteiger partial charge in [-0.3, -0.25) is 9.78 Å². The second-order valence-electron chi connectivity index (χ2n) is 6.72. The van der Waals surface area contributed by atoms with Crippen LogP contribution in [0.25, 0.3) is 11.4 Å². The summed E-state index contributed by atoms with van der Waals surface area (Å²) in [4.78, 5) is 22.9. The molecule has 1 fully saturated rings. The van der Waals surface area contributed by atoms with Crippen LogP contribution in [0, 0.1) is 5.92 Å². The Morgan fingerprint density at radius 1 is 1.36 bits per heavy atom. The van der Waals surface area contributed by atoms with Gasteiger partial charge in [0.25, 0.3) is 0 Å². The lowest BCUT2D eigenvalue weighted by Crippen LogP contribution is -2.32. The van der Waals surface area contributed by atoms with E-state index in [1.54, 1.807) is 12.4 Å². The maximum atomic E-state index is 12.5. The fourth-order valence-electron chi connectivity index (χ4n) is 3.45. The third kappa shape index (κ3) is 4.87. The number of carbonyl (C=O) groups excluding carboxylic acids is 1. The second kappa shape index (κ2) is 8.74. The molecule has 1 saturated heterocycles. The van der Waals surface area contributed by atoms with Gasteiger partial charge in [0, 0.05) is 43.9 Å². The van der Waals surface area contributed by atoms with Gasteiger partial charge in [0.15, 0.2) is 0 Å². The Bertz CT molecular complexity index is 671. The van der Waals surface area contributed by atoms with Crippen molar-refractivity contribution in [2.24, 2.45) is 5.92 Å². The van der Waals surface area contributed by atoms with E-state index in [-0.39, 0.29) is 5.91 Å². The van der Waals surface area contributed by atoms with E-state index in [0.29, 0.717) is 24.6 Å². The van der Waals surface area contributed by atoms with Crippen LogP contribution in [0.5, 0.6) is 0 Å². The Hall–Kier alpha value is -2.24. The molecule has 0 unspecified atom stereocenters. The molecular formula is C19H26N4O2.